The van der Waals surface area contributed by atoms with E-state index >= 15 is 0 Å². The molecule has 1 aromatic carbocycles. The molecule has 0 saturated heterocycles. The topological polar surface area (TPSA) is 102 Å². The lowest BCUT2D eigenvalue weighted by Crippen LogP contribution is -2.34. The van der Waals surface area contributed by atoms with Crippen LogP contribution in [-0.2, 0) is 16.6 Å². The molecular formula is C19H22N4O4S. The van der Waals surface area contributed by atoms with Gasteiger partial charge in [0.1, 0.15) is 0 Å². The number of ether oxygens (including phenoxy) is 1. The zero-order valence-corrected chi connectivity index (χ0v) is 16.2. The molecular weight excluding hydrogens is 380 g/mol. The summed E-state index contributed by atoms with van der Waals surface area (Å²) in [6.45, 7) is 1.02. The van der Waals surface area contributed by atoms with Gasteiger partial charge in [0.25, 0.3) is 10.0 Å². The summed E-state index contributed by atoms with van der Waals surface area (Å²) in [5.74, 6) is 1.29. The van der Waals surface area contributed by atoms with Gasteiger partial charge in [-0.2, -0.15) is 5.10 Å². The predicted molar refractivity (Wildman–Crippen MR) is 102 cm³/mol. The SMILES string of the molecule is O=C(Nc1cc(C2CC2)cc(C2CC2)c1)NS(=O)(=O)c1cnn2c1OCCC2. The highest BCUT2D eigenvalue weighted by Crippen LogP contribution is 2.46. The van der Waals surface area contributed by atoms with Gasteiger partial charge in [-0.15, -0.1) is 0 Å². The number of aryl methyl sites for hydroxylation is 1. The highest BCUT2D eigenvalue weighted by atomic mass is 32.2. The molecule has 2 aromatic rings. The molecule has 5 rings (SSSR count). The summed E-state index contributed by atoms with van der Waals surface area (Å²) in [5, 5.41) is 6.72. The van der Waals surface area contributed by atoms with E-state index in [1.165, 1.54) is 47.7 Å². The number of benzene rings is 1. The number of nitrogens with one attached hydrogen (secondary N) is 2. The molecule has 2 saturated carbocycles. The van der Waals surface area contributed by atoms with Crippen molar-refractivity contribution in [1.82, 2.24) is 14.5 Å². The number of aromatic nitrogens is 2. The number of urea groups is 1. The first kappa shape index (κ1) is 17.5. The Bertz CT molecular complexity index is 1010. The Labute approximate surface area is 163 Å². The first-order valence-corrected chi connectivity index (χ1v) is 11.2. The van der Waals surface area contributed by atoms with E-state index < -0.39 is 16.1 Å². The van der Waals surface area contributed by atoms with Crippen molar-refractivity contribution in [1.29, 1.82) is 0 Å². The van der Waals surface area contributed by atoms with Crippen LogP contribution in [0.3, 0.4) is 0 Å². The fraction of sp³-hybridized carbons (Fsp3) is 0.474. The molecule has 28 heavy (non-hydrogen) atoms. The molecule has 0 bridgehead atoms. The summed E-state index contributed by atoms with van der Waals surface area (Å²) in [6.07, 6.45) is 6.65. The van der Waals surface area contributed by atoms with Crippen LogP contribution < -0.4 is 14.8 Å². The lowest BCUT2D eigenvalue weighted by atomic mass is 10.0. The monoisotopic (exact) mass is 402 g/mol. The molecule has 0 unspecified atom stereocenters. The van der Waals surface area contributed by atoms with Gasteiger partial charge in [0.2, 0.25) is 5.88 Å². The highest BCUT2D eigenvalue weighted by Gasteiger charge is 2.30. The summed E-state index contributed by atoms with van der Waals surface area (Å²) in [7, 11) is -4.08. The van der Waals surface area contributed by atoms with Crippen LogP contribution in [0.25, 0.3) is 0 Å². The molecule has 2 N–H and O–H groups in total. The van der Waals surface area contributed by atoms with Gasteiger partial charge in [-0.25, -0.2) is 22.6 Å². The van der Waals surface area contributed by atoms with E-state index in [1.807, 2.05) is 12.1 Å². The van der Waals surface area contributed by atoms with Crippen LogP contribution in [0.2, 0.25) is 0 Å². The van der Waals surface area contributed by atoms with Crippen molar-refractivity contribution >= 4 is 21.7 Å². The number of carbonyl (C=O) groups is 1. The number of nitrogens with zero attached hydrogens (tertiary/aromatic N) is 2. The molecule has 148 valence electrons. The third-order valence-electron chi connectivity index (χ3n) is 5.36. The highest BCUT2D eigenvalue weighted by molar-refractivity contribution is 7.90. The summed E-state index contributed by atoms with van der Waals surface area (Å²) in [5.41, 5.74) is 3.08. The Hall–Kier alpha value is -2.55. The second-order valence-electron chi connectivity index (χ2n) is 7.74. The summed E-state index contributed by atoms with van der Waals surface area (Å²) in [6, 6.07) is 5.33. The van der Waals surface area contributed by atoms with Crippen molar-refractivity contribution in [3.05, 3.63) is 35.5 Å². The molecule has 0 radical (unpaired) electrons. The number of hydrogen-bond acceptors (Lipinski definition) is 5. The van der Waals surface area contributed by atoms with Gasteiger partial charge in [0, 0.05) is 18.7 Å². The molecule has 9 heteroatoms. The first-order valence-electron chi connectivity index (χ1n) is 9.67. The van der Waals surface area contributed by atoms with Crippen LogP contribution in [0.4, 0.5) is 10.5 Å². The molecule has 2 fully saturated rings. The molecule has 1 aliphatic heterocycles. The Balaban J connectivity index is 1.34. The average Bonchev–Trinajstić information content (AvgIpc) is 3.56. The molecule has 0 atom stereocenters. The maximum Gasteiger partial charge on any atom is 0.333 e. The minimum absolute atomic E-state index is 0.118. The van der Waals surface area contributed by atoms with Crippen molar-refractivity contribution in [2.45, 2.75) is 55.4 Å². The molecule has 0 spiro atoms. The minimum Gasteiger partial charge on any atom is -0.477 e. The van der Waals surface area contributed by atoms with E-state index in [1.54, 1.807) is 0 Å². The quantitative estimate of drug-likeness (QED) is 0.801. The van der Waals surface area contributed by atoms with Crippen LogP contribution in [0, 0.1) is 0 Å². The Morgan fingerprint density at radius 2 is 1.79 bits per heavy atom. The smallest absolute Gasteiger partial charge is 0.333 e. The lowest BCUT2D eigenvalue weighted by Gasteiger charge is -2.16. The Kier molecular flexibility index (Phi) is 4.08. The van der Waals surface area contributed by atoms with E-state index in [9.17, 15) is 13.2 Å². The molecule has 2 heterocycles. The number of sulfonamides is 1. The van der Waals surface area contributed by atoms with Gasteiger partial charge in [-0.1, -0.05) is 6.07 Å². The average molecular weight is 402 g/mol. The van der Waals surface area contributed by atoms with E-state index in [-0.39, 0.29) is 10.8 Å². The molecule has 1 aromatic heterocycles. The van der Waals surface area contributed by atoms with Crippen LogP contribution in [0.5, 0.6) is 5.88 Å². The zero-order chi connectivity index (χ0) is 19.3. The van der Waals surface area contributed by atoms with Crippen LogP contribution in [0.15, 0.2) is 29.3 Å². The second-order valence-corrected chi connectivity index (χ2v) is 9.39. The maximum absolute atomic E-state index is 12.6. The van der Waals surface area contributed by atoms with Gasteiger partial charge >= 0.3 is 6.03 Å². The first-order chi connectivity index (χ1) is 13.5. The minimum atomic E-state index is -4.08. The van der Waals surface area contributed by atoms with Gasteiger partial charge in [-0.3, -0.25) is 0 Å². The largest absolute Gasteiger partial charge is 0.477 e. The number of fused-ring (bicyclic) bond motifs is 1. The summed E-state index contributed by atoms with van der Waals surface area (Å²) < 4.78 is 34.3. The van der Waals surface area contributed by atoms with Crippen LogP contribution in [-0.4, -0.2) is 30.8 Å². The van der Waals surface area contributed by atoms with E-state index in [2.05, 4.69) is 21.2 Å². The maximum atomic E-state index is 12.6. The van der Waals surface area contributed by atoms with E-state index in [0.29, 0.717) is 30.7 Å². The molecule has 2 amide bonds. The van der Waals surface area contributed by atoms with Crippen molar-refractivity contribution in [3.8, 4) is 5.88 Å². The van der Waals surface area contributed by atoms with E-state index in [0.717, 1.165) is 6.42 Å². The van der Waals surface area contributed by atoms with Crippen molar-refractivity contribution in [2.75, 3.05) is 11.9 Å². The lowest BCUT2D eigenvalue weighted by molar-refractivity contribution is 0.224. The summed E-state index contributed by atoms with van der Waals surface area (Å²) >= 11 is 0. The number of carbonyl (C=O) groups excluding carboxylic acids is 1. The van der Waals surface area contributed by atoms with Gasteiger partial charge in [0.15, 0.2) is 4.90 Å². The Morgan fingerprint density at radius 3 is 2.43 bits per heavy atom. The predicted octanol–water partition coefficient (Wildman–Crippen LogP) is 2.93. The second kappa shape index (κ2) is 6.51. The van der Waals surface area contributed by atoms with Crippen molar-refractivity contribution < 1.29 is 17.9 Å². The van der Waals surface area contributed by atoms with Gasteiger partial charge in [0.05, 0.1) is 12.8 Å². The van der Waals surface area contributed by atoms with Crippen molar-refractivity contribution in [2.24, 2.45) is 0 Å². The van der Waals surface area contributed by atoms with Crippen LogP contribution in [0.1, 0.15) is 55.1 Å². The third-order valence-corrected chi connectivity index (χ3v) is 6.68. The van der Waals surface area contributed by atoms with E-state index in [4.69, 9.17) is 4.74 Å². The number of rotatable bonds is 5. The Morgan fingerprint density at radius 1 is 1.11 bits per heavy atom. The van der Waals surface area contributed by atoms with Gasteiger partial charge in [-0.05, 0) is 60.8 Å². The van der Waals surface area contributed by atoms with Crippen molar-refractivity contribution in [3.63, 3.8) is 0 Å². The fourth-order valence-electron chi connectivity index (χ4n) is 3.62. The standard InChI is InChI=1S/C19H22N4O4S/c24-19(22-28(25,26)17-11-20-23-6-1-7-27-18(17)23)21-16-9-14(12-2-3-12)8-15(10-16)13-4-5-13/h8-13H,1-7H2,(H2,21,22,24). The number of amides is 2. The number of anilines is 1. The fourth-order valence-corrected chi connectivity index (χ4v) is 4.60. The molecule has 3 aliphatic rings. The zero-order valence-electron chi connectivity index (χ0n) is 15.3. The number of hydrogen-bond donors (Lipinski definition) is 2. The molecule has 2 aliphatic carbocycles. The summed E-state index contributed by atoms with van der Waals surface area (Å²) in [4.78, 5) is 12.3. The molecule has 8 nitrogen and oxygen atoms in total. The normalized spacial score (nSPS) is 18.9. The van der Waals surface area contributed by atoms with Gasteiger partial charge < -0.3 is 10.1 Å². The van der Waals surface area contributed by atoms with Crippen LogP contribution >= 0.6 is 0 Å². The third kappa shape index (κ3) is 3.46.